The molecule has 3 aromatic rings. The number of rotatable bonds is 7. The van der Waals surface area contributed by atoms with Crippen LogP contribution in [0, 0.1) is 0 Å². The Morgan fingerprint density at radius 2 is 1.76 bits per heavy atom. The van der Waals surface area contributed by atoms with Gasteiger partial charge in [-0.05, 0) is 23.8 Å². The summed E-state index contributed by atoms with van der Waals surface area (Å²) in [5, 5.41) is 3.09. The highest BCUT2D eigenvalue weighted by molar-refractivity contribution is 7.18. The predicted molar refractivity (Wildman–Crippen MR) is 115 cm³/mol. The Hall–Kier alpha value is -3.45. The van der Waals surface area contributed by atoms with Crippen molar-refractivity contribution >= 4 is 34.2 Å². The first-order valence-corrected chi connectivity index (χ1v) is 9.61. The lowest BCUT2D eigenvalue weighted by molar-refractivity contribution is -0.111. The number of hydrogen-bond acceptors (Lipinski definition) is 6. The molecule has 7 heteroatoms. The number of aromatic nitrogens is 1. The molecule has 0 saturated heterocycles. The zero-order chi connectivity index (χ0) is 20.8. The molecule has 0 unspecified atom stereocenters. The molecule has 0 atom stereocenters. The largest absolute Gasteiger partial charge is 0.493 e. The van der Waals surface area contributed by atoms with Crippen LogP contribution in [0.1, 0.15) is 22.2 Å². The Kier molecular flexibility index (Phi) is 6.41. The maximum absolute atomic E-state index is 12.3. The van der Waals surface area contributed by atoms with Crippen molar-refractivity contribution in [3.63, 3.8) is 0 Å². The molecule has 2 aromatic carbocycles. The number of hydrogen-bond donors (Lipinski definition) is 1. The van der Waals surface area contributed by atoms with E-state index in [0.717, 1.165) is 22.5 Å². The van der Waals surface area contributed by atoms with Gasteiger partial charge in [-0.2, -0.15) is 0 Å². The minimum atomic E-state index is -0.344. The number of benzene rings is 2. The SMILES string of the molecule is COc1ccc(/C=C\C(=O)Nc2nc(-c3ccccc3)c(C(C)=O)s2)cc1OC. The summed E-state index contributed by atoms with van der Waals surface area (Å²) in [5.74, 6) is 0.752. The molecule has 0 aliphatic carbocycles. The fraction of sp³-hybridized carbons (Fsp3) is 0.136. The van der Waals surface area contributed by atoms with Gasteiger partial charge in [0.25, 0.3) is 0 Å². The molecule has 0 radical (unpaired) electrons. The summed E-state index contributed by atoms with van der Waals surface area (Å²) in [7, 11) is 3.12. The zero-order valence-corrected chi connectivity index (χ0v) is 17.1. The molecule has 1 N–H and O–H groups in total. The first-order chi connectivity index (χ1) is 14.0. The molecule has 0 fully saturated rings. The molecule has 1 aromatic heterocycles. The van der Waals surface area contributed by atoms with E-state index in [1.807, 2.05) is 36.4 Å². The van der Waals surface area contributed by atoms with Crippen molar-refractivity contribution in [2.24, 2.45) is 0 Å². The fourth-order valence-electron chi connectivity index (χ4n) is 2.68. The van der Waals surface area contributed by atoms with Gasteiger partial charge >= 0.3 is 0 Å². The van der Waals surface area contributed by atoms with Crippen molar-refractivity contribution in [2.75, 3.05) is 19.5 Å². The lowest BCUT2D eigenvalue weighted by Gasteiger charge is -2.07. The van der Waals surface area contributed by atoms with Crippen LogP contribution in [0.5, 0.6) is 11.5 Å². The van der Waals surface area contributed by atoms with Gasteiger partial charge in [0.2, 0.25) is 5.91 Å². The Bertz CT molecular complexity index is 1060. The zero-order valence-electron chi connectivity index (χ0n) is 16.3. The highest BCUT2D eigenvalue weighted by Crippen LogP contribution is 2.31. The number of carbonyl (C=O) groups is 2. The molecule has 148 valence electrons. The smallest absolute Gasteiger partial charge is 0.250 e. The third-order valence-electron chi connectivity index (χ3n) is 4.06. The Morgan fingerprint density at radius 1 is 1.03 bits per heavy atom. The fourth-order valence-corrected chi connectivity index (χ4v) is 3.57. The van der Waals surface area contributed by atoms with Crippen molar-refractivity contribution in [1.82, 2.24) is 4.98 Å². The molecular weight excluding hydrogens is 388 g/mol. The van der Waals surface area contributed by atoms with Crippen LogP contribution in [0.3, 0.4) is 0 Å². The van der Waals surface area contributed by atoms with Crippen LogP contribution in [-0.4, -0.2) is 30.9 Å². The van der Waals surface area contributed by atoms with Crippen molar-refractivity contribution in [3.05, 3.63) is 65.0 Å². The van der Waals surface area contributed by atoms with Gasteiger partial charge in [0.1, 0.15) is 0 Å². The molecule has 0 aliphatic rings. The van der Waals surface area contributed by atoms with Crippen molar-refractivity contribution in [2.45, 2.75) is 6.92 Å². The number of carbonyl (C=O) groups excluding carboxylic acids is 2. The maximum Gasteiger partial charge on any atom is 0.250 e. The van der Waals surface area contributed by atoms with Crippen LogP contribution in [0.15, 0.2) is 54.6 Å². The van der Waals surface area contributed by atoms with Gasteiger partial charge in [-0.3, -0.25) is 14.9 Å². The second kappa shape index (κ2) is 9.16. The number of ketones is 1. The summed E-state index contributed by atoms with van der Waals surface area (Å²) in [6.45, 7) is 1.49. The van der Waals surface area contributed by atoms with Crippen LogP contribution in [0.4, 0.5) is 5.13 Å². The van der Waals surface area contributed by atoms with E-state index in [4.69, 9.17) is 9.47 Å². The van der Waals surface area contributed by atoms with Gasteiger partial charge in [-0.15, -0.1) is 0 Å². The predicted octanol–water partition coefficient (Wildman–Crippen LogP) is 4.68. The highest BCUT2D eigenvalue weighted by Gasteiger charge is 2.17. The van der Waals surface area contributed by atoms with E-state index in [-0.39, 0.29) is 11.7 Å². The second-order valence-corrected chi connectivity index (χ2v) is 7.06. The molecule has 6 nitrogen and oxygen atoms in total. The maximum atomic E-state index is 12.3. The average Bonchev–Trinajstić information content (AvgIpc) is 3.16. The molecule has 0 spiro atoms. The summed E-state index contributed by atoms with van der Waals surface area (Å²) in [5.41, 5.74) is 2.18. The molecule has 1 amide bonds. The van der Waals surface area contributed by atoms with Crippen molar-refractivity contribution in [3.8, 4) is 22.8 Å². The van der Waals surface area contributed by atoms with Crippen LogP contribution < -0.4 is 14.8 Å². The van der Waals surface area contributed by atoms with E-state index in [1.54, 1.807) is 32.4 Å². The summed E-state index contributed by atoms with van der Waals surface area (Å²) in [6, 6.07) is 14.8. The van der Waals surface area contributed by atoms with Crippen LogP contribution in [-0.2, 0) is 4.79 Å². The van der Waals surface area contributed by atoms with Gasteiger partial charge in [-0.1, -0.05) is 47.7 Å². The monoisotopic (exact) mass is 408 g/mol. The van der Waals surface area contributed by atoms with Crippen LogP contribution in [0.25, 0.3) is 17.3 Å². The van der Waals surface area contributed by atoms with Crippen LogP contribution in [0.2, 0.25) is 0 Å². The average molecular weight is 408 g/mol. The highest BCUT2D eigenvalue weighted by atomic mass is 32.1. The number of nitrogens with one attached hydrogen (secondary N) is 1. The van der Waals surface area contributed by atoms with E-state index < -0.39 is 0 Å². The van der Waals surface area contributed by atoms with E-state index in [1.165, 1.54) is 13.0 Å². The Balaban J connectivity index is 1.77. The molecule has 3 rings (SSSR count). The standard InChI is InChI=1S/C22H20N2O4S/c1-14(25)21-20(16-7-5-4-6-8-16)24-22(29-21)23-19(26)12-10-15-9-11-17(27-2)18(13-15)28-3/h4-13H,1-3H3,(H,23,24,26)/b12-10-. The second-order valence-electron chi connectivity index (χ2n) is 6.06. The minimum absolute atomic E-state index is 0.0947. The topological polar surface area (TPSA) is 77.5 Å². The Labute approximate surface area is 172 Å². The van der Waals surface area contributed by atoms with Crippen LogP contribution >= 0.6 is 11.3 Å². The van der Waals surface area contributed by atoms with E-state index in [0.29, 0.717) is 27.2 Å². The van der Waals surface area contributed by atoms with Gasteiger partial charge < -0.3 is 9.47 Å². The molecule has 0 aliphatic heterocycles. The third-order valence-corrected chi connectivity index (χ3v) is 5.13. The molecule has 29 heavy (non-hydrogen) atoms. The van der Waals surface area contributed by atoms with E-state index in [2.05, 4.69) is 10.3 Å². The minimum Gasteiger partial charge on any atom is -0.493 e. The normalized spacial score (nSPS) is 10.7. The first-order valence-electron chi connectivity index (χ1n) is 8.80. The molecule has 1 heterocycles. The van der Waals surface area contributed by atoms with Crippen molar-refractivity contribution in [1.29, 1.82) is 0 Å². The lowest BCUT2D eigenvalue weighted by Crippen LogP contribution is -2.07. The molecule has 0 bridgehead atoms. The molecular formula is C22H20N2O4S. The Morgan fingerprint density at radius 3 is 2.41 bits per heavy atom. The van der Waals surface area contributed by atoms with Gasteiger partial charge in [0, 0.05) is 18.6 Å². The van der Waals surface area contributed by atoms with Gasteiger partial charge in [-0.25, -0.2) is 4.98 Å². The first kappa shape index (κ1) is 20.3. The number of methoxy groups -OCH3 is 2. The number of amides is 1. The lowest BCUT2D eigenvalue weighted by atomic mass is 10.1. The summed E-state index contributed by atoms with van der Waals surface area (Å²) in [6.07, 6.45) is 3.06. The number of nitrogens with zero attached hydrogens (tertiary/aromatic N) is 1. The van der Waals surface area contributed by atoms with Gasteiger partial charge in [0.15, 0.2) is 22.4 Å². The van der Waals surface area contributed by atoms with Crippen molar-refractivity contribution < 1.29 is 19.1 Å². The van der Waals surface area contributed by atoms with Gasteiger partial charge in [0.05, 0.1) is 24.8 Å². The number of anilines is 1. The summed E-state index contributed by atoms with van der Waals surface area (Å²) < 4.78 is 10.5. The van der Waals surface area contributed by atoms with E-state index in [9.17, 15) is 9.59 Å². The number of thiazole rings is 1. The number of Topliss-reactive ketones (excluding diaryl/α,β-unsaturated/α-hetero) is 1. The quantitative estimate of drug-likeness (QED) is 0.454. The summed E-state index contributed by atoms with van der Waals surface area (Å²) in [4.78, 5) is 29.3. The molecule has 0 saturated carbocycles. The third kappa shape index (κ3) is 4.89. The number of ether oxygens (including phenoxy) is 2. The summed E-state index contributed by atoms with van der Waals surface area (Å²) >= 11 is 1.16. The van der Waals surface area contributed by atoms with E-state index >= 15 is 0 Å².